The summed E-state index contributed by atoms with van der Waals surface area (Å²) in [4.78, 5) is 9.87. The molecule has 0 aliphatic carbocycles. The molecule has 1 aliphatic heterocycles. The van der Waals surface area contributed by atoms with E-state index in [9.17, 15) is 0 Å². The van der Waals surface area contributed by atoms with Gasteiger partial charge in [0.05, 0.1) is 17.7 Å². The van der Waals surface area contributed by atoms with E-state index < -0.39 is 0 Å². The fraction of sp³-hybridized carbons (Fsp3) is 0.234. The van der Waals surface area contributed by atoms with Crippen LogP contribution < -0.4 is 14.5 Å². The second-order valence-corrected chi connectivity index (χ2v) is 21.9. The molecular weight excluding hydrogens is 841 g/mol. The van der Waals surface area contributed by atoms with E-state index in [1.54, 1.807) is 0 Å². The van der Waals surface area contributed by atoms with E-state index >= 15 is 0 Å². The number of hydrogen-bond donors (Lipinski definition) is 0. The third-order valence-electron chi connectivity index (χ3n) is 14.4. The molecule has 0 fully saturated rings. The zero-order chi connectivity index (χ0) is 48.3. The van der Waals surface area contributed by atoms with E-state index in [1.165, 1.54) is 44.6 Å². The summed E-state index contributed by atoms with van der Waals surface area (Å²) < 4.78 is 9.40. The Kier molecular flexibility index (Phi) is 11.4. The van der Waals surface area contributed by atoms with Crippen LogP contribution in [0, 0.1) is 5.41 Å². The molecule has 0 amide bonds. The van der Waals surface area contributed by atoms with Gasteiger partial charge in [-0.15, -0.1) is 0 Å². The molecule has 5 nitrogen and oxygen atoms in total. The lowest BCUT2D eigenvalue weighted by molar-refractivity contribution is 0.481. The molecule has 7 aromatic carbocycles. The van der Waals surface area contributed by atoms with E-state index in [2.05, 4.69) is 272 Å². The SMILES string of the molecule is CC(C)(C)C1=CN(c2cccc(C(C)(C)c3ccccc3)c2)CN1c1cc(Oc2ccc3c4cc(C(C)(C)c5ccccc5)ccc4n(-c4cc(C(C)(C)C)ccn4)c3c2)cc(-c2ccccc2)c1. The van der Waals surface area contributed by atoms with Crippen molar-refractivity contribution in [3.8, 4) is 28.4 Å². The second-order valence-electron chi connectivity index (χ2n) is 21.9. The monoisotopic (exact) mass is 905 g/mol. The smallest absolute Gasteiger partial charge is 0.137 e. The van der Waals surface area contributed by atoms with Crippen LogP contribution in [0.1, 0.15) is 97.1 Å². The van der Waals surface area contributed by atoms with Gasteiger partial charge in [0.1, 0.15) is 17.3 Å². The number of fused-ring (bicyclic) bond motifs is 3. The van der Waals surface area contributed by atoms with Gasteiger partial charge in [0, 0.05) is 68.6 Å². The highest BCUT2D eigenvalue weighted by molar-refractivity contribution is 6.10. The molecule has 9 aromatic rings. The molecule has 0 saturated carbocycles. The Morgan fingerprint density at radius 1 is 0.435 bits per heavy atom. The molecule has 1 aliphatic rings. The average molecular weight is 905 g/mol. The zero-order valence-corrected chi connectivity index (χ0v) is 41.9. The molecule has 0 N–H and O–H groups in total. The van der Waals surface area contributed by atoms with Gasteiger partial charge >= 0.3 is 0 Å². The summed E-state index contributed by atoms with van der Waals surface area (Å²) in [5.41, 5.74) is 13.6. The lowest BCUT2D eigenvalue weighted by Gasteiger charge is -2.31. The third-order valence-corrected chi connectivity index (χ3v) is 14.4. The van der Waals surface area contributed by atoms with E-state index in [-0.39, 0.29) is 21.7 Å². The highest BCUT2D eigenvalue weighted by atomic mass is 16.5. The Balaban J connectivity index is 1.07. The summed E-state index contributed by atoms with van der Waals surface area (Å²) in [7, 11) is 0. The summed E-state index contributed by atoms with van der Waals surface area (Å²) in [6, 6.07) is 65.8. The quantitative estimate of drug-likeness (QED) is 0.137. The summed E-state index contributed by atoms with van der Waals surface area (Å²) in [5.74, 6) is 2.41. The topological polar surface area (TPSA) is 33.5 Å². The zero-order valence-electron chi connectivity index (χ0n) is 41.9. The number of benzene rings is 7. The molecule has 0 saturated heterocycles. The Bertz CT molecular complexity index is 3350. The molecule has 3 heterocycles. The highest BCUT2D eigenvalue weighted by Gasteiger charge is 2.33. The lowest BCUT2D eigenvalue weighted by atomic mass is 9.78. The van der Waals surface area contributed by atoms with Crippen LogP contribution in [0.4, 0.5) is 11.4 Å². The molecular formula is C64H64N4O. The Labute approximate surface area is 409 Å². The molecule has 5 heteroatoms. The number of nitrogens with zero attached hydrogens (tertiary/aromatic N) is 4. The average Bonchev–Trinajstić information content (AvgIpc) is 3.95. The van der Waals surface area contributed by atoms with Crippen LogP contribution in [0.3, 0.4) is 0 Å². The highest BCUT2D eigenvalue weighted by Crippen LogP contribution is 2.44. The van der Waals surface area contributed by atoms with Crippen molar-refractivity contribution >= 4 is 33.2 Å². The van der Waals surface area contributed by atoms with Gasteiger partial charge in [-0.1, -0.05) is 178 Å². The molecule has 10 rings (SSSR count). The van der Waals surface area contributed by atoms with Gasteiger partial charge in [0.25, 0.3) is 0 Å². The molecule has 0 radical (unpaired) electrons. The molecule has 0 spiro atoms. The first kappa shape index (κ1) is 45.4. The number of aromatic nitrogens is 2. The minimum atomic E-state index is -0.198. The maximum atomic E-state index is 7.08. The van der Waals surface area contributed by atoms with Crippen LogP contribution in [-0.2, 0) is 16.2 Å². The second kappa shape index (κ2) is 17.3. The molecule has 69 heavy (non-hydrogen) atoms. The number of ether oxygens (including phenoxy) is 1. The molecule has 346 valence electrons. The van der Waals surface area contributed by atoms with Crippen molar-refractivity contribution in [1.82, 2.24) is 9.55 Å². The lowest BCUT2D eigenvalue weighted by Crippen LogP contribution is -2.30. The van der Waals surface area contributed by atoms with Crippen molar-refractivity contribution in [1.29, 1.82) is 0 Å². The van der Waals surface area contributed by atoms with Crippen LogP contribution >= 0.6 is 0 Å². The number of pyridine rings is 1. The predicted molar refractivity (Wildman–Crippen MR) is 290 cm³/mol. The van der Waals surface area contributed by atoms with Crippen LogP contribution in [0.5, 0.6) is 11.5 Å². The van der Waals surface area contributed by atoms with Gasteiger partial charge in [0.2, 0.25) is 0 Å². The predicted octanol–water partition coefficient (Wildman–Crippen LogP) is 16.8. The third kappa shape index (κ3) is 8.72. The minimum Gasteiger partial charge on any atom is -0.457 e. The summed E-state index contributed by atoms with van der Waals surface area (Å²) in [6.45, 7) is 23.6. The first-order valence-electron chi connectivity index (χ1n) is 24.4. The fourth-order valence-electron chi connectivity index (χ4n) is 10.0. The normalized spacial score (nSPS) is 13.6. The number of rotatable bonds is 10. The Morgan fingerprint density at radius 3 is 1.72 bits per heavy atom. The Hall–Kier alpha value is -7.37. The van der Waals surface area contributed by atoms with Gasteiger partial charge in [-0.3, -0.25) is 4.57 Å². The van der Waals surface area contributed by atoms with E-state index in [0.29, 0.717) is 6.67 Å². The van der Waals surface area contributed by atoms with Crippen molar-refractivity contribution in [2.45, 2.75) is 85.5 Å². The van der Waals surface area contributed by atoms with Crippen LogP contribution in [-0.4, -0.2) is 16.2 Å². The number of hydrogen-bond acceptors (Lipinski definition) is 4. The summed E-state index contributed by atoms with van der Waals surface area (Å²) in [5, 5.41) is 2.33. The van der Waals surface area contributed by atoms with Gasteiger partial charge in [0.15, 0.2) is 0 Å². The minimum absolute atomic E-state index is 0.0448. The van der Waals surface area contributed by atoms with Gasteiger partial charge in [-0.05, 0) is 105 Å². The van der Waals surface area contributed by atoms with E-state index in [0.717, 1.165) is 50.6 Å². The standard InChI is InChI=1S/C64H64N4O/c1-61(2,3)48-33-34-65-60(39-48)68-57-32-29-50(64(9,10)47-25-18-13-19-26-47)38-56(57)55-31-30-53(41-58(55)68)69-54-36-45(44-21-14-11-15-22-44)35-52(40-54)67-43-66(42-59(67)62(4,5)6)51-28-20-27-49(37-51)63(7,8)46-23-16-12-17-24-46/h11-42H,43H2,1-10H3. The van der Waals surface area contributed by atoms with Crippen LogP contribution in [0.25, 0.3) is 38.8 Å². The number of anilines is 2. The summed E-state index contributed by atoms with van der Waals surface area (Å²) >= 11 is 0. The maximum absolute atomic E-state index is 7.08. The summed E-state index contributed by atoms with van der Waals surface area (Å²) in [6.07, 6.45) is 4.28. The van der Waals surface area contributed by atoms with Crippen molar-refractivity contribution < 1.29 is 4.74 Å². The van der Waals surface area contributed by atoms with Gasteiger partial charge < -0.3 is 14.5 Å². The first-order valence-corrected chi connectivity index (χ1v) is 24.4. The maximum Gasteiger partial charge on any atom is 0.137 e. The Morgan fingerprint density at radius 2 is 1.07 bits per heavy atom. The van der Waals surface area contributed by atoms with E-state index in [4.69, 9.17) is 9.72 Å². The van der Waals surface area contributed by atoms with Crippen molar-refractivity contribution in [3.05, 3.63) is 228 Å². The van der Waals surface area contributed by atoms with Crippen molar-refractivity contribution in [3.63, 3.8) is 0 Å². The fourth-order valence-corrected chi connectivity index (χ4v) is 10.0. The molecule has 0 atom stereocenters. The van der Waals surface area contributed by atoms with Crippen LogP contribution in [0.2, 0.25) is 0 Å². The molecule has 2 aromatic heterocycles. The largest absolute Gasteiger partial charge is 0.457 e. The first-order chi connectivity index (χ1) is 32.9. The van der Waals surface area contributed by atoms with Crippen molar-refractivity contribution in [2.24, 2.45) is 5.41 Å². The molecule has 0 unspecified atom stereocenters. The van der Waals surface area contributed by atoms with Crippen LogP contribution in [0.15, 0.2) is 200 Å². The van der Waals surface area contributed by atoms with Gasteiger partial charge in [-0.2, -0.15) is 0 Å². The van der Waals surface area contributed by atoms with Crippen molar-refractivity contribution in [2.75, 3.05) is 16.5 Å². The number of allylic oxidation sites excluding steroid dienone is 1. The van der Waals surface area contributed by atoms with E-state index in [1.807, 2.05) is 6.20 Å². The molecule has 0 bridgehead atoms. The van der Waals surface area contributed by atoms with Gasteiger partial charge in [-0.25, -0.2) is 4.98 Å².